The molecule has 0 aliphatic carbocycles. The molecule has 1 N–H and O–H groups in total. The summed E-state index contributed by atoms with van der Waals surface area (Å²) in [7, 11) is 0. The van der Waals surface area contributed by atoms with E-state index in [4.69, 9.17) is 0 Å². The summed E-state index contributed by atoms with van der Waals surface area (Å²) in [5.74, 6) is 0.926. The average molecular weight is 493 g/mol. The molecule has 3 rings (SSSR count). The summed E-state index contributed by atoms with van der Waals surface area (Å²) in [6.07, 6.45) is 0. The van der Waals surface area contributed by atoms with E-state index in [-0.39, 0.29) is 11.7 Å². The van der Waals surface area contributed by atoms with E-state index in [0.29, 0.717) is 0 Å². The lowest BCUT2D eigenvalue weighted by atomic mass is 10.1. The number of aromatic nitrogens is 2. The van der Waals surface area contributed by atoms with Gasteiger partial charge in [0, 0.05) is 10.2 Å². The second-order valence-electron chi connectivity index (χ2n) is 5.64. The Hall–Kier alpha value is -1.68. The molecule has 3 aromatic rings. The molecule has 5 nitrogen and oxygen atoms in total. The Morgan fingerprint density at radius 3 is 2.46 bits per heavy atom. The van der Waals surface area contributed by atoms with Crippen molar-refractivity contribution in [3.05, 3.63) is 70.2 Å². The molecule has 2 aromatic carbocycles. The fourth-order valence-corrected chi connectivity index (χ4v) is 5.13. The van der Waals surface area contributed by atoms with E-state index < -0.39 is 0 Å². The van der Waals surface area contributed by atoms with Crippen LogP contribution in [0.5, 0.6) is 0 Å². The van der Waals surface area contributed by atoms with Gasteiger partial charge in [0.05, 0.1) is 11.5 Å². The van der Waals surface area contributed by atoms with Gasteiger partial charge in [-0.3, -0.25) is 4.79 Å². The molecule has 9 heteroatoms. The molecule has 0 atom stereocenters. The number of hydrogen-bond donors (Lipinski definition) is 1. The topological polar surface area (TPSA) is 67.2 Å². The van der Waals surface area contributed by atoms with Crippen molar-refractivity contribution in [3.8, 4) is 0 Å². The number of benzene rings is 2. The van der Waals surface area contributed by atoms with Gasteiger partial charge in [-0.15, -0.1) is 10.2 Å². The zero-order valence-corrected chi connectivity index (χ0v) is 19.0. The van der Waals surface area contributed by atoms with Gasteiger partial charge in [-0.05, 0) is 30.2 Å². The summed E-state index contributed by atoms with van der Waals surface area (Å²) >= 11 is 7.91. The van der Waals surface area contributed by atoms with Crippen molar-refractivity contribution in [2.45, 2.75) is 21.4 Å². The molecule has 1 aromatic heterocycles. The van der Waals surface area contributed by atoms with Crippen LogP contribution in [0.15, 0.2) is 72.9 Å². The van der Waals surface area contributed by atoms with Crippen molar-refractivity contribution in [1.29, 1.82) is 0 Å². The number of nitrogens with zero attached hydrogens (tertiary/aromatic N) is 3. The van der Waals surface area contributed by atoms with Gasteiger partial charge in [0.2, 0.25) is 0 Å². The van der Waals surface area contributed by atoms with Gasteiger partial charge in [0.1, 0.15) is 0 Å². The highest BCUT2D eigenvalue weighted by molar-refractivity contribution is 9.10. The summed E-state index contributed by atoms with van der Waals surface area (Å²) in [5.41, 5.74) is 5.54. The van der Waals surface area contributed by atoms with Crippen molar-refractivity contribution in [2.24, 2.45) is 5.10 Å². The molecule has 0 aliphatic heterocycles. The second kappa shape index (κ2) is 10.8. The van der Waals surface area contributed by atoms with E-state index >= 15 is 0 Å². The van der Waals surface area contributed by atoms with Gasteiger partial charge in [0.25, 0.3) is 5.91 Å². The van der Waals surface area contributed by atoms with Crippen LogP contribution >= 0.6 is 50.8 Å². The Kier molecular flexibility index (Phi) is 8.08. The molecule has 0 fully saturated rings. The average Bonchev–Trinajstić information content (AvgIpc) is 3.18. The molecule has 0 radical (unpaired) electrons. The number of amides is 1. The third-order valence-electron chi connectivity index (χ3n) is 3.53. The molecule has 0 saturated heterocycles. The Morgan fingerprint density at radius 2 is 1.75 bits per heavy atom. The van der Waals surface area contributed by atoms with Gasteiger partial charge >= 0.3 is 0 Å². The fraction of sp³-hybridized carbons (Fsp3) is 0.158. The summed E-state index contributed by atoms with van der Waals surface area (Å²) in [5, 5.41) is 12.5. The lowest BCUT2D eigenvalue weighted by molar-refractivity contribution is -0.118. The van der Waals surface area contributed by atoms with Gasteiger partial charge < -0.3 is 0 Å². The first-order valence-electron chi connectivity index (χ1n) is 8.32. The second-order valence-corrected chi connectivity index (χ2v) is 9.97. The Bertz CT molecular complexity index is 945. The molecular weight excluding hydrogens is 476 g/mol. The molecule has 0 bridgehead atoms. The quantitative estimate of drug-likeness (QED) is 0.265. The molecule has 1 heterocycles. The molecular formula is C19H17BrN4OS3. The van der Waals surface area contributed by atoms with Gasteiger partial charge in [0.15, 0.2) is 8.68 Å². The minimum atomic E-state index is -0.171. The summed E-state index contributed by atoms with van der Waals surface area (Å²) < 4.78 is 2.68. The van der Waals surface area contributed by atoms with Crippen LogP contribution in [-0.2, 0) is 10.5 Å². The number of hydrogen-bond acceptors (Lipinski definition) is 7. The van der Waals surface area contributed by atoms with Gasteiger partial charge in [-0.2, -0.15) is 5.10 Å². The maximum absolute atomic E-state index is 12.0. The summed E-state index contributed by atoms with van der Waals surface area (Å²) in [6, 6.07) is 18.0. The van der Waals surface area contributed by atoms with Crippen molar-refractivity contribution in [2.75, 3.05) is 5.75 Å². The van der Waals surface area contributed by atoms with E-state index in [9.17, 15) is 4.79 Å². The van der Waals surface area contributed by atoms with Crippen LogP contribution in [0.1, 0.15) is 18.1 Å². The zero-order chi connectivity index (χ0) is 19.8. The van der Waals surface area contributed by atoms with Crippen molar-refractivity contribution in [3.63, 3.8) is 0 Å². The number of carbonyl (C=O) groups is 1. The van der Waals surface area contributed by atoms with Gasteiger partial charge in [-0.1, -0.05) is 93.3 Å². The first kappa shape index (κ1) is 21.0. The van der Waals surface area contributed by atoms with Crippen LogP contribution < -0.4 is 5.43 Å². The van der Waals surface area contributed by atoms with Gasteiger partial charge in [-0.25, -0.2) is 5.43 Å². The lowest BCUT2D eigenvalue weighted by Crippen LogP contribution is -2.21. The molecule has 0 aliphatic rings. The maximum atomic E-state index is 12.0. The van der Waals surface area contributed by atoms with Crippen molar-refractivity contribution >= 4 is 62.4 Å². The number of nitrogens with one attached hydrogen (secondary N) is 1. The molecule has 0 unspecified atom stereocenters. The highest BCUT2D eigenvalue weighted by Crippen LogP contribution is 2.30. The third-order valence-corrected chi connectivity index (χ3v) is 7.32. The highest BCUT2D eigenvalue weighted by Gasteiger charge is 2.09. The number of halogens is 1. The smallest absolute Gasteiger partial charge is 0.250 e. The molecule has 1 amide bonds. The lowest BCUT2D eigenvalue weighted by Gasteiger charge is -2.02. The summed E-state index contributed by atoms with van der Waals surface area (Å²) in [6.45, 7) is 1.86. The van der Waals surface area contributed by atoms with Crippen LogP contribution in [0.4, 0.5) is 0 Å². The largest absolute Gasteiger partial charge is 0.272 e. The predicted octanol–water partition coefficient (Wildman–Crippen LogP) is 5.23. The van der Waals surface area contributed by atoms with Crippen LogP contribution in [0.3, 0.4) is 0 Å². The van der Waals surface area contributed by atoms with E-state index in [2.05, 4.69) is 48.8 Å². The molecule has 28 heavy (non-hydrogen) atoms. The molecule has 0 spiro atoms. The van der Waals surface area contributed by atoms with Crippen LogP contribution in [0.25, 0.3) is 0 Å². The SMILES string of the molecule is C/C(=N/NC(=O)CSc1nnc(SCc2ccccc2)s1)c1ccc(Br)cc1. The summed E-state index contributed by atoms with van der Waals surface area (Å²) in [4.78, 5) is 12.0. The standard InChI is InChI=1S/C19H17BrN4OS3/c1-13(15-7-9-16(20)10-8-15)21-22-17(25)12-27-19-24-23-18(28-19)26-11-14-5-3-2-4-6-14/h2-10H,11-12H2,1H3,(H,22,25)/b21-13-. The normalized spacial score (nSPS) is 11.4. The van der Waals surface area contributed by atoms with Crippen molar-refractivity contribution in [1.82, 2.24) is 15.6 Å². The number of rotatable bonds is 8. The Labute approximate surface area is 184 Å². The van der Waals surface area contributed by atoms with Crippen molar-refractivity contribution < 1.29 is 4.79 Å². The van der Waals surface area contributed by atoms with E-state index in [1.807, 2.05) is 49.4 Å². The first-order chi connectivity index (χ1) is 13.6. The van der Waals surface area contributed by atoms with E-state index in [1.165, 1.54) is 28.7 Å². The monoisotopic (exact) mass is 492 g/mol. The Balaban J connectivity index is 1.44. The minimum absolute atomic E-state index is 0.171. The third kappa shape index (κ3) is 6.73. The fourth-order valence-electron chi connectivity index (χ4n) is 2.09. The van der Waals surface area contributed by atoms with Crippen LogP contribution in [0.2, 0.25) is 0 Å². The van der Waals surface area contributed by atoms with E-state index in [0.717, 1.165) is 30.2 Å². The maximum Gasteiger partial charge on any atom is 0.250 e. The number of thioether (sulfide) groups is 2. The highest BCUT2D eigenvalue weighted by atomic mass is 79.9. The zero-order valence-electron chi connectivity index (χ0n) is 15.0. The minimum Gasteiger partial charge on any atom is -0.272 e. The number of carbonyl (C=O) groups excluding carboxylic acids is 1. The first-order valence-corrected chi connectivity index (χ1v) is 11.9. The molecule has 144 valence electrons. The number of hydrazone groups is 1. The van der Waals surface area contributed by atoms with Crippen LogP contribution in [0, 0.1) is 0 Å². The Morgan fingerprint density at radius 1 is 1.07 bits per heavy atom. The molecule has 0 saturated carbocycles. The van der Waals surface area contributed by atoms with Crippen LogP contribution in [-0.4, -0.2) is 27.6 Å². The predicted molar refractivity (Wildman–Crippen MR) is 121 cm³/mol. The van der Waals surface area contributed by atoms with E-state index in [1.54, 1.807) is 11.8 Å².